The summed E-state index contributed by atoms with van der Waals surface area (Å²) in [7, 11) is 0. The van der Waals surface area contributed by atoms with Crippen LogP contribution in [-0.4, -0.2) is 17.9 Å². The van der Waals surface area contributed by atoms with Crippen LogP contribution in [0, 0.1) is 0 Å². The maximum Gasteiger partial charge on any atom is 0.308 e. The lowest BCUT2D eigenvalue weighted by atomic mass is 9.86. The molecule has 22 heavy (non-hydrogen) atoms. The van der Waals surface area contributed by atoms with Crippen molar-refractivity contribution in [1.29, 1.82) is 0 Å². The third-order valence-electron chi connectivity index (χ3n) is 2.60. The van der Waals surface area contributed by atoms with E-state index >= 15 is 0 Å². The van der Waals surface area contributed by atoms with Crippen LogP contribution in [0.1, 0.15) is 47.1 Å². The summed E-state index contributed by atoms with van der Waals surface area (Å²) in [4.78, 5) is 33.8. The van der Waals surface area contributed by atoms with Crippen LogP contribution >= 0.6 is 0 Å². The van der Waals surface area contributed by atoms with Gasteiger partial charge in [-0.25, -0.2) is 0 Å². The Kier molecular flexibility index (Phi) is 5.30. The van der Waals surface area contributed by atoms with Crippen molar-refractivity contribution in [3.8, 4) is 17.2 Å². The van der Waals surface area contributed by atoms with Crippen LogP contribution in [0.2, 0.25) is 0 Å². The molecule has 0 radical (unpaired) electrons. The molecule has 0 unspecified atom stereocenters. The molecular weight excluding hydrogens is 288 g/mol. The normalized spacial score (nSPS) is 10.8. The van der Waals surface area contributed by atoms with E-state index in [4.69, 9.17) is 14.2 Å². The van der Waals surface area contributed by atoms with E-state index in [-0.39, 0.29) is 17.2 Å². The van der Waals surface area contributed by atoms with Crippen molar-refractivity contribution in [3.63, 3.8) is 0 Å². The van der Waals surface area contributed by atoms with Crippen molar-refractivity contribution in [2.45, 2.75) is 47.0 Å². The fourth-order valence-electron chi connectivity index (χ4n) is 1.84. The highest BCUT2D eigenvalue weighted by atomic mass is 16.6. The number of benzene rings is 1. The predicted octanol–water partition coefficient (Wildman–Crippen LogP) is 2.76. The zero-order valence-corrected chi connectivity index (χ0v) is 13.6. The number of hydrogen-bond donors (Lipinski definition) is 0. The summed E-state index contributed by atoms with van der Waals surface area (Å²) >= 11 is 0. The van der Waals surface area contributed by atoms with Gasteiger partial charge in [0.2, 0.25) is 0 Å². The van der Waals surface area contributed by atoms with Crippen molar-refractivity contribution in [2.24, 2.45) is 0 Å². The summed E-state index contributed by atoms with van der Waals surface area (Å²) in [5.74, 6) is -1.23. The van der Waals surface area contributed by atoms with E-state index in [0.717, 1.165) is 0 Å². The van der Waals surface area contributed by atoms with E-state index in [1.54, 1.807) is 6.07 Å². The molecule has 0 amide bonds. The van der Waals surface area contributed by atoms with Gasteiger partial charge < -0.3 is 14.2 Å². The molecule has 1 aromatic rings. The fourth-order valence-corrected chi connectivity index (χ4v) is 1.84. The first-order valence-electron chi connectivity index (χ1n) is 6.74. The van der Waals surface area contributed by atoms with Crippen molar-refractivity contribution in [1.82, 2.24) is 0 Å². The predicted molar refractivity (Wildman–Crippen MR) is 79.1 cm³/mol. The van der Waals surface area contributed by atoms with Crippen molar-refractivity contribution < 1.29 is 28.6 Å². The minimum absolute atomic E-state index is 0.0337. The minimum Gasteiger partial charge on any atom is -0.427 e. The molecule has 6 nitrogen and oxygen atoms in total. The van der Waals surface area contributed by atoms with E-state index in [9.17, 15) is 14.4 Å². The molecule has 0 bridgehead atoms. The zero-order valence-electron chi connectivity index (χ0n) is 13.6. The number of hydrogen-bond acceptors (Lipinski definition) is 6. The molecule has 0 aliphatic carbocycles. The molecule has 0 aliphatic rings. The number of rotatable bonds is 3. The topological polar surface area (TPSA) is 78.9 Å². The van der Waals surface area contributed by atoms with Gasteiger partial charge in [0.1, 0.15) is 5.75 Å². The SMILES string of the molecule is CC(=O)Oc1cc(OC(C)=O)c(OC(C)=O)c(C(C)(C)C)c1. The highest BCUT2D eigenvalue weighted by molar-refractivity contribution is 5.76. The van der Waals surface area contributed by atoms with Crippen LogP contribution in [0.25, 0.3) is 0 Å². The average molecular weight is 308 g/mol. The van der Waals surface area contributed by atoms with Crippen LogP contribution in [0.4, 0.5) is 0 Å². The molecule has 1 rings (SSSR count). The van der Waals surface area contributed by atoms with Crippen LogP contribution in [-0.2, 0) is 19.8 Å². The smallest absolute Gasteiger partial charge is 0.308 e. The Morgan fingerprint density at radius 1 is 0.818 bits per heavy atom. The number of carbonyl (C=O) groups is 3. The van der Waals surface area contributed by atoms with Gasteiger partial charge in [0, 0.05) is 32.4 Å². The molecule has 0 atom stereocenters. The Morgan fingerprint density at radius 2 is 1.32 bits per heavy atom. The maximum absolute atomic E-state index is 11.3. The Labute approximate surface area is 129 Å². The summed E-state index contributed by atoms with van der Waals surface area (Å²) in [6.45, 7) is 9.43. The second-order valence-corrected chi connectivity index (χ2v) is 5.83. The Morgan fingerprint density at radius 3 is 1.73 bits per heavy atom. The fraction of sp³-hybridized carbons (Fsp3) is 0.438. The van der Waals surface area contributed by atoms with E-state index in [2.05, 4.69) is 0 Å². The monoisotopic (exact) mass is 308 g/mol. The standard InChI is InChI=1S/C16H20O6/c1-9(17)20-12-7-13(16(4,5)6)15(22-11(3)19)14(8-12)21-10(2)18/h7-8H,1-6H3. The first-order chi connectivity index (χ1) is 10.0. The van der Waals surface area contributed by atoms with E-state index in [1.165, 1.54) is 26.8 Å². The maximum atomic E-state index is 11.3. The van der Waals surface area contributed by atoms with Gasteiger partial charge in [-0.15, -0.1) is 0 Å². The highest BCUT2D eigenvalue weighted by Crippen LogP contribution is 2.42. The van der Waals surface area contributed by atoms with Crippen molar-refractivity contribution in [3.05, 3.63) is 17.7 Å². The van der Waals surface area contributed by atoms with Gasteiger partial charge in [0.05, 0.1) is 0 Å². The molecule has 0 aliphatic heterocycles. The van der Waals surface area contributed by atoms with Gasteiger partial charge in [-0.2, -0.15) is 0 Å². The van der Waals surface area contributed by atoms with Gasteiger partial charge in [0.25, 0.3) is 0 Å². The van der Waals surface area contributed by atoms with Gasteiger partial charge in [-0.05, 0) is 11.5 Å². The molecule has 0 saturated carbocycles. The first kappa shape index (κ1) is 17.7. The van der Waals surface area contributed by atoms with Crippen LogP contribution in [0.15, 0.2) is 12.1 Å². The molecular formula is C16H20O6. The molecule has 120 valence electrons. The van der Waals surface area contributed by atoms with Crippen LogP contribution in [0.5, 0.6) is 17.2 Å². The number of esters is 3. The second-order valence-electron chi connectivity index (χ2n) is 5.83. The first-order valence-corrected chi connectivity index (χ1v) is 6.74. The average Bonchev–Trinajstić information content (AvgIpc) is 2.28. The van der Waals surface area contributed by atoms with Crippen LogP contribution < -0.4 is 14.2 Å². The zero-order chi connectivity index (χ0) is 17.1. The van der Waals surface area contributed by atoms with Crippen LogP contribution in [0.3, 0.4) is 0 Å². The lowest BCUT2D eigenvalue weighted by Gasteiger charge is -2.24. The lowest BCUT2D eigenvalue weighted by molar-refractivity contribution is -0.134. The highest BCUT2D eigenvalue weighted by Gasteiger charge is 2.26. The summed E-state index contributed by atoms with van der Waals surface area (Å²) in [6, 6.07) is 2.93. The minimum atomic E-state index is -0.576. The van der Waals surface area contributed by atoms with Gasteiger partial charge in [-0.3, -0.25) is 14.4 Å². The van der Waals surface area contributed by atoms with Crippen molar-refractivity contribution >= 4 is 17.9 Å². The summed E-state index contributed by atoms with van der Waals surface area (Å²) in [6.07, 6.45) is 0. The van der Waals surface area contributed by atoms with Gasteiger partial charge in [0.15, 0.2) is 11.5 Å². The molecule has 0 fully saturated rings. The number of ether oxygens (including phenoxy) is 3. The van der Waals surface area contributed by atoms with Gasteiger partial charge in [-0.1, -0.05) is 20.8 Å². The van der Waals surface area contributed by atoms with E-state index < -0.39 is 23.3 Å². The molecule has 0 aromatic heterocycles. The third-order valence-corrected chi connectivity index (χ3v) is 2.60. The third kappa shape index (κ3) is 4.87. The molecule has 0 N–H and O–H groups in total. The van der Waals surface area contributed by atoms with E-state index in [1.807, 2.05) is 20.8 Å². The summed E-state index contributed by atoms with van der Waals surface area (Å²) < 4.78 is 15.4. The summed E-state index contributed by atoms with van der Waals surface area (Å²) in [5.41, 5.74) is 0.147. The Bertz CT molecular complexity index is 610. The Hall–Kier alpha value is -2.37. The van der Waals surface area contributed by atoms with Crippen molar-refractivity contribution in [2.75, 3.05) is 0 Å². The quantitative estimate of drug-likeness (QED) is 0.631. The molecule has 6 heteroatoms. The molecule has 0 heterocycles. The molecule has 1 aromatic carbocycles. The molecule has 0 spiro atoms. The second kappa shape index (κ2) is 6.60. The molecule has 0 saturated heterocycles. The van der Waals surface area contributed by atoms with E-state index in [0.29, 0.717) is 5.56 Å². The largest absolute Gasteiger partial charge is 0.427 e. The van der Waals surface area contributed by atoms with Gasteiger partial charge >= 0.3 is 17.9 Å². The number of carbonyl (C=O) groups excluding carboxylic acids is 3. The Balaban J connectivity index is 3.56. The summed E-state index contributed by atoms with van der Waals surface area (Å²) in [5, 5.41) is 0. The lowest BCUT2D eigenvalue weighted by Crippen LogP contribution is -2.17.